The first kappa shape index (κ1) is 19.7. The molecule has 0 aliphatic heterocycles. The lowest BCUT2D eigenvalue weighted by Gasteiger charge is -2.20. The Balaban J connectivity index is 2.25. The number of carbonyl (C=O) groups is 2. The Kier molecular flexibility index (Phi) is 5.23. The van der Waals surface area contributed by atoms with Crippen LogP contribution < -0.4 is 5.32 Å². The van der Waals surface area contributed by atoms with E-state index in [9.17, 15) is 23.1 Å². The fraction of sp³-hybridized carbons (Fsp3) is 0.263. The van der Waals surface area contributed by atoms with E-state index < -0.39 is 27.1 Å². The van der Waals surface area contributed by atoms with Crippen molar-refractivity contribution in [3.8, 4) is 0 Å². The number of aliphatic carboxylic acids is 1. The maximum Gasteiger partial charge on any atom is 0.313 e. The molecule has 0 unspecified atom stereocenters. The summed E-state index contributed by atoms with van der Waals surface area (Å²) in [4.78, 5) is 23.8. The van der Waals surface area contributed by atoms with E-state index in [0.717, 1.165) is 6.26 Å². The van der Waals surface area contributed by atoms with Gasteiger partial charge in [0, 0.05) is 17.5 Å². The quantitative estimate of drug-likeness (QED) is 0.837. The second kappa shape index (κ2) is 6.92. The van der Waals surface area contributed by atoms with Crippen LogP contribution in [0.2, 0.25) is 0 Å². The highest BCUT2D eigenvalue weighted by Crippen LogP contribution is 2.25. The zero-order valence-corrected chi connectivity index (χ0v) is 15.8. The summed E-state index contributed by atoms with van der Waals surface area (Å²) in [5.41, 5.74) is 0.860. The lowest BCUT2D eigenvalue weighted by Crippen LogP contribution is -2.28. The molecule has 0 aliphatic rings. The van der Waals surface area contributed by atoms with Crippen molar-refractivity contribution < 1.29 is 23.1 Å². The van der Waals surface area contributed by atoms with Gasteiger partial charge in [-0.15, -0.1) is 0 Å². The largest absolute Gasteiger partial charge is 0.481 e. The maximum atomic E-state index is 12.4. The molecule has 0 bridgehead atoms. The predicted molar refractivity (Wildman–Crippen MR) is 99.3 cm³/mol. The van der Waals surface area contributed by atoms with E-state index in [0.29, 0.717) is 16.8 Å². The van der Waals surface area contributed by atoms with Crippen LogP contribution in [0, 0.1) is 6.92 Å². The lowest BCUT2D eigenvalue weighted by atomic mass is 9.85. The third kappa shape index (κ3) is 4.11. The van der Waals surface area contributed by atoms with Gasteiger partial charge in [0.1, 0.15) is 0 Å². The summed E-state index contributed by atoms with van der Waals surface area (Å²) in [6.07, 6.45) is 1.10. The average Bonchev–Trinajstić information content (AvgIpc) is 2.54. The van der Waals surface area contributed by atoms with Gasteiger partial charge in [0.25, 0.3) is 5.91 Å². The van der Waals surface area contributed by atoms with Gasteiger partial charge in [-0.2, -0.15) is 0 Å². The molecule has 0 saturated heterocycles. The number of amides is 1. The van der Waals surface area contributed by atoms with Crippen molar-refractivity contribution in [1.82, 2.24) is 0 Å². The van der Waals surface area contributed by atoms with Crippen LogP contribution in [0.3, 0.4) is 0 Å². The van der Waals surface area contributed by atoms with Gasteiger partial charge in [0.05, 0.1) is 10.3 Å². The first-order chi connectivity index (χ1) is 11.9. The summed E-state index contributed by atoms with van der Waals surface area (Å²) < 4.78 is 23.6. The number of rotatable bonds is 5. The van der Waals surface area contributed by atoms with Crippen molar-refractivity contribution >= 4 is 27.4 Å². The molecule has 6 nitrogen and oxygen atoms in total. The van der Waals surface area contributed by atoms with Crippen LogP contribution in [-0.2, 0) is 20.0 Å². The molecule has 0 spiro atoms. The molecule has 0 radical (unpaired) electrons. The second-order valence-corrected chi connectivity index (χ2v) is 8.70. The summed E-state index contributed by atoms with van der Waals surface area (Å²) in [6, 6.07) is 11.0. The number of benzene rings is 2. The highest BCUT2D eigenvalue weighted by atomic mass is 32.2. The number of anilines is 1. The Labute approximate surface area is 152 Å². The molecular weight excluding hydrogens is 354 g/mol. The van der Waals surface area contributed by atoms with Crippen molar-refractivity contribution in [2.24, 2.45) is 0 Å². The molecule has 2 N–H and O–H groups in total. The van der Waals surface area contributed by atoms with Crippen LogP contribution >= 0.6 is 0 Å². The van der Waals surface area contributed by atoms with Crippen LogP contribution in [0.5, 0.6) is 0 Å². The summed E-state index contributed by atoms with van der Waals surface area (Å²) in [6.45, 7) is 4.87. The minimum atomic E-state index is -3.43. The summed E-state index contributed by atoms with van der Waals surface area (Å²) >= 11 is 0. The van der Waals surface area contributed by atoms with Crippen molar-refractivity contribution in [1.29, 1.82) is 0 Å². The van der Waals surface area contributed by atoms with Crippen molar-refractivity contribution in [3.63, 3.8) is 0 Å². The van der Waals surface area contributed by atoms with E-state index in [1.807, 2.05) is 0 Å². The van der Waals surface area contributed by atoms with Crippen molar-refractivity contribution in [2.75, 3.05) is 11.6 Å². The molecule has 26 heavy (non-hydrogen) atoms. The van der Waals surface area contributed by atoms with Gasteiger partial charge in [-0.05, 0) is 56.2 Å². The number of hydrogen-bond donors (Lipinski definition) is 2. The topological polar surface area (TPSA) is 101 Å². The fourth-order valence-electron chi connectivity index (χ4n) is 2.44. The van der Waals surface area contributed by atoms with Crippen molar-refractivity contribution in [2.45, 2.75) is 31.1 Å². The van der Waals surface area contributed by atoms with E-state index in [-0.39, 0.29) is 10.5 Å². The number of aryl methyl sites for hydroxylation is 1. The number of carboxylic acids is 1. The van der Waals surface area contributed by atoms with Crippen LogP contribution in [0.15, 0.2) is 47.4 Å². The number of carbonyl (C=O) groups excluding carboxylic acids is 1. The van der Waals surface area contributed by atoms with E-state index in [1.165, 1.54) is 6.07 Å². The van der Waals surface area contributed by atoms with Gasteiger partial charge in [-0.3, -0.25) is 9.59 Å². The SMILES string of the molecule is Cc1ccc(C(=O)Nc2ccc(C(C)(C)C(=O)O)cc2)cc1S(C)(=O)=O. The molecule has 2 aromatic carbocycles. The zero-order chi connectivity index (χ0) is 19.7. The summed E-state index contributed by atoms with van der Waals surface area (Å²) in [5.74, 6) is -1.39. The molecule has 0 aromatic heterocycles. The predicted octanol–water partition coefficient (Wildman–Crippen LogP) is 3.01. The first-order valence-corrected chi connectivity index (χ1v) is 9.78. The average molecular weight is 375 g/mol. The molecule has 2 rings (SSSR count). The van der Waals surface area contributed by atoms with E-state index in [2.05, 4.69) is 5.32 Å². The Bertz CT molecular complexity index is 960. The van der Waals surface area contributed by atoms with Crippen LogP contribution in [0.25, 0.3) is 0 Å². The van der Waals surface area contributed by atoms with E-state index >= 15 is 0 Å². The van der Waals surface area contributed by atoms with Gasteiger partial charge in [-0.1, -0.05) is 18.2 Å². The van der Waals surface area contributed by atoms with E-state index in [4.69, 9.17) is 0 Å². The fourth-order valence-corrected chi connectivity index (χ4v) is 3.43. The van der Waals surface area contributed by atoms with Gasteiger partial charge >= 0.3 is 5.97 Å². The molecule has 0 aliphatic carbocycles. The summed E-state index contributed by atoms with van der Waals surface area (Å²) in [5, 5.41) is 11.9. The molecule has 1 amide bonds. The van der Waals surface area contributed by atoms with Crippen LogP contribution in [0.4, 0.5) is 5.69 Å². The smallest absolute Gasteiger partial charge is 0.313 e. The first-order valence-electron chi connectivity index (χ1n) is 7.89. The molecule has 0 saturated carbocycles. The molecule has 2 aromatic rings. The van der Waals surface area contributed by atoms with Gasteiger partial charge in [0.2, 0.25) is 0 Å². The molecule has 0 fully saturated rings. The maximum absolute atomic E-state index is 12.4. The second-order valence-electron chi connectivity index (χ2n) is 6.71. The highest BCUT2D eigenvalue weighted by Gasteiger charge is 2.29. The number of sulfone groups is 1. The third-order valence-electron chi connectivity index (χ3n) is 4.25. The summed E-state index contributed by atoms with van der Waals surface area (Å²) in [7, 11) is -3.43. The van der Waals surface area contributed by atoms with E-state index in [1.54, 1.807) is 57.2 Å². The monoisotopic (exact) mass is 375 g/mol. The van der Waals surface area contributed by atoms with Crippen LogP contribution in [-0.4, -0.2) is 31.7 Å². The molecule has 0 atom stereocenters. The number of hydrogen-bond acceptors (Lipinski definition) is 4. The van der Waals surface area contributed by atoms with Gasteiger partial charge in [0.15, 0.2) is 9.84 Å². The molecule has 138 valence electrons. The van der Waals surface area contributed by atoms with Crippen molar-refractivity contribution in [3.05, 3.63) is 59.2 Å². The third-order valence-corrected chi connectivity index (χ3v) is 5.49. The normalized spacial score (nSPS) is 11.8. The van der Waals surface area contributed by atoms with Crippen LogP contribution in [0.1, 0.15) is 35.3 Å². The molecule has 7 heteroatoms. The highest BCUT2D eigenvalue weighted by molar-refractivity contribution is 7.90. The number of carboxylic acid groups (broad SMARTS) is 1. The minimum Gasteiger partial charge on any atom is -0.481 e. The molecule has 0 heterocycles. The van der Waals surface area contributed by atoms with Gasteiger partial charge < -0.3 is 10.4 Å². The minimum absolute atomic E-state index is 0.115. The Morgan fingerprint density at radius 3 is 2.12 bits per heavy atom. The Morgan fingerprint density at radius 1 is 1.04 bits per heavy atom. The standard InChI is InChI=1S/C19H21NO5S/c1-12-5-6-13(11-16(12)26(4,24)25)17(21)20-15-9-7-14(8-10-15)19(2,3)18(22)23/h5-11H,1-4H3,(H,20,21)(H,22,23). The lowest BCUT2D eigenvalue weighted by molar-refractivity contribution is -0.142. The van der Waals surface area contributed by atoms with Gasteiger partial charge in [-0.25, -0.2) is 8.42 Å². The molecular formula is C19H21NO5S. The number of nitrogens with one attached hydrogen (secondary N) is 1. The zero-order valence-electron chi connectivity index (χ0n) is 15.0. The Hall–Kier alpha value is -2.67. The Morgan fingerprint density at radius 2 is 1.62 bits per heavy atom.